The number of aryl methyl sites for hydroxylation is 1. The Labute approximate surface area is 129 Å². The first-order chi connectivity index (χ1) is 10.5. The molecule has 2 saturated heterocycles. The highest BCUT2D eigenvalue weighted by atomic mass is 19.3. The Balaban J connectivity index is 1.64. The molecular weight excluding hydrogens is 288 g/mol. The van der Waals surface area contributed by atoms with Gasteiger partial charge in [0.25, 0.3) is 5.91 Å². The third-order valence-corrected chi connectivity index (χ3v) is 5.01. The lowest BCUT2D eigenvalue weighted by molar-refractivity contribution is -0.000272. The maximum absolute atomic E-state index is 13.1. The molecule has 22 heavy (non-hydrogen) atoms. The standard InChI is InChI=1S/C16H23F2N3O/c1-11-5-3-4-8-20(11)13-9-19(10-13)15(22)14-7-6-12(2)21(14)16(17)18/h6-7,11,13,16H,3-5,8-10H2,1-2H3. The highest BCUT2D eigenvalue weighted by Crippen LogP contribution is 2.27. The van der Waals surface area contributed by atoms with Crippen LogP contribution in [0, 0.1) is 6.92 Å². The van der Waals surface area contributed by atoms with Gasteiger partial charge in [-0.25, -0.2) is 0 Å². The van der Waals surface area contributed by atoms with Gasteiger partial charge in [0, 0.05) is 30.9 Å². The molecule has 2 fully saturated rings. The van der Waals surface area contributed by atoms with Crippen molar-refractivity contribution in [2.24, 2.45) is 0 Å². The predicted molar refractivity (Wildman–Crippen MR) is 80.1 cm³/mol. The molecule has 0 saturated carbocycles. The second kappa shape index (κ2) is 5.99. The number of halogens is 2. The van der Waals surface area contributed by atoms with Crippen LogP contribution in [0.5, 0.6) is 0 Å². The topological polar surface area (TPSA) is 28.5 Å². The van der Waals surface area contributed by atoms with Gasteiger partial charge < -0.3 is 4.90 Å². The Morgan fingerprint density at radius 2 is 2.00 bits per heavy atom. The average molecular weight is 311 g/mol. The normalized spacial score (nSPS) is 23.9. The van der Waals surface area contributed by atoms with Crippen LogP contribution < -0.4 is 0 Å². The SMILES string of the molecule is Cc1ccc(C(=O)N2CC(N3CCCCC3C)C2)n1C(F)F. The van der Waals surface area contributed by atoms with Crippen LogP contribution in [0.25, 0.3) is 0 Å². The summed E-state index contributed by atoms with van der Waals surface area (Å²) in [6, 6.07) is 4.02. The van der Waals surface area contributed by atoms with Gasteiger partial charge in [-0.05, 0) is 45.4 Å². The monoisotopic (exact) mass is 311 g/mol. The summed E-state index contributed by atoms with van der Waals surface area (Å²) in [7, 11) is 0. The largest absolute Gasteiger partial charge is 0.334 e. The summed E-state index contributed by atoms with van der Waals surface area (Å²) in [4.78, 5) is 16.6. The van der Waals surface area contributed by atoms with Crippen LogP contribution in [0.1, 0.15) is 48.9 Å². The zero-order valence-corrected chi connectivity index (χ0v) is 13.1. The van der Waals surface area contributed by atoms with Crippen LogP contribution in [0.3, 0.4) is 0 Å². The second-order valence-corrected chi connectivity index (χ2v) is 6.45. The van der Waals surface area contributed by atoms with E-state index in [9.17, 15) is 13.6 Å². The van der Waals surface area contributed by atoms with Crippen LogP contribution >= 0.6 is 0 Å². The van der Waals surface area contributed by atoms with E-state index in [1.807, 2.05) is 0 Å². The molecule has 0 aromatic carbocycles. The molecule has 2 aliphatic heterocycles. The Morgan fingerprint density at radius 3 is 2.64 bits per heavy atom. The Morgan fingerprint density at radius 1 is 1.27 bits per heavy atom. The molecule has 1 amide bonds. The maximum atomic E-state index is 13.1. The van der Waals surface area contributed by atoms with E-state index in [2.05, 4.69) is 11.8 Å². The number of carbonyl (C=O) groups excluding carboxylic acids is 1. The number of alkyl halides is 2. The number of hydrogen-bond donors (Lipinski definition) is 0. The zero-order chi connectivity index (χ0) is 15.9. The molecule has 0 aliphatic carbocycles. The van der Waals surface area contributed by atoms with Crippen molar-refractivity contribution in [3.63, 3.8) is 0 Å². The average Bonchev–Trinajstić information content (AvgIpc) is 2.81. The second-order valence-electron chi connectivity index (χ2n) is 6.45. The Hall–Kier alpha value is -1.43. The summed E-state index contributed by atoms with van der Waals surface area (Å²) < 4.78 is 27.0. The van der Waals surface area contributed by atoms with E-state index in [-0.39, 0.29) is 11.6 Å². The number of hydrogen-bond acceptors (Lipinski definition) is 2. The zero-order valence-electron chi connectivity index (χ0n) is 13.1. The molecule has 0 spiro atoms. The minimum Gasteiger partial charge on any atom is -0.334 e. The molecule has 3 heterocycles. The summed E-state index contributed by atoms with van der Waals surface area (Å²) in [6.45, 7) is 3.54. The number of rotatable bonds is 3. The summed E-state index contributed by atoms with van der Waals surface area (Å²) in [6.07, 6.45) is 3.69. The van der Waals surface area contributed by atoms with Gasteiger partial charge in [0.05, 0.1) is 0 Å². The van der Waals surface area contributed by atoms with Gasteiger partial charge >= 0.3 is 6.55 Å². The summed E-state index contributed by atoms with van der Waals surface area (Å²) >= 11 is 0. The van der Waals surface area contributed by atoms with Crippen molar-refractivity contribution < 1.29 is 13.6 Å². The molecule has 1 unspecified atom stereocenters. The highest BCUT2D eigenvalue weighted by Gasteiger charge is 2.38. The summed E-state index contributed by atoms with van der Waals surface area (Å²) in [5.74, 6) is -0.283. The molecule has 122 valence electrons. The first kappa shape index (κ1) is 15.5. The van der Waals surface area contributed by atoms with Crippen molar-refractivity contribution in [2.75, 3.05) is 19.6 Å². The van der Waals surface area contributed by atoms with E-state index in [0.717, 1.165) is 11.1 Å². The third-order valence-electron chi connectivity index (χ3n) is 5.01. The van der Waals surface area contributed by atoms with E-state index < -0.39 is 6.55 Å². The molecule has 0 N–H and O–H groups in total. The minimum absolute atomic E-state index is 0.0950. The third kappa shape index (κ3) is 2.64. The lowest BCUT2D eigenvalue weighted by Gasteiger charge is -2.49. The molecule has 3 rings (SSSR count). The molecule has 1 aromatic rings. The first-order valence-corrected chi connectivity index (χ1v) is 8.00. The first-order valence-electron chi connectivity index (χ1n) is 8.00. The molecule has 6 heteroatoms. The van der Waals surface area contributed by atoms with Crippen LogP contribution in [0.4, 0.5) is 8.78 Å². The summed E-state index contributed by atoms with van der Waals surface area (Å²) in [5, 5.41) is 0. The van der Waals surface area contributed by atoms with Gasteiger partial charge in [0.2, 0.25) is 0 Å². The fourth-order valence-electron chi connectivity index (χ4n) is 3.64. The number of nitrogens with zero attached hydrogens (tertiary/aromatic N) is 3. The number of likely N-dealkylation sites (tertiary alicyclic amines) is 2. The molecule has 0 bridgehead atoms. The van der Waals surface area contributed by atoms with Gasteiger partial charge in [-0.2, -0.15) is 8.78 Å². The van der Waals surface area contributed by atoms with Gasteiger partial charge in [-0.1, -0.05) is 6.42 Å². The van der Waals surface area contributed by atoms with E-state index in [1.165, 1.54) is 25.3 Å². The molecule has 1 atom stereocenters. The Bertz CT molecular complexity index is 552. The van der Waals surface area contributed by atoms with Crippen molar-refractivity contribution in [3.8, 4) is 0 Å². The smallest absolute Gasteiger partial charge is 0.319 e. The number of piperidine rings is 1. The quantitative estimate of drug-likeness (QED) is 0.859. The van der Waals surface area contributed by atoms with Crippen LogP contribution in [-0.4, -0.2) is 52.0 Å². The van der Waals surface area contributed by atoms with Crippen molar-refractivity contribution in [3.05, 3.63) is 23.5 Å². The molecular formula is C16H23F2N3O. The number of amides is 1. The van der Waals surface area contributed by atoms with Gasteiger partial charge in [0.15, 0.2) is 0 Å². The van der Waals surface area contributed by atoms with Crippen LogP contribution in [-0.2, 0) is 0 Å². The van der Waals surface area contributed by atoms with Crippen molar-refractivity contribution in [1.82, 2.24) is 14.4 Å². The lowest BCUT2D eigenvalue weighted by atomic mass is 9.97. The molecule has 4 nitrogen and oxygen atoms in total. The van der Waals surface area contributed by atoms with Gasteiger partial charge in [0.1, 0.15) is 5.69 Å². The molecule has 2 aliphatic rings. The van der Waals surface area contributed by atoms with Crippen molar-refractivity contribution in [2.45, 2.75) is 51.7 Å². The Kier molecular flexibility index (Phi) is 4.21. The maximum Gasteiger partial charge on any atom is 0.319 e. The van der Waals surface area contributed by atoms with E-state index >= 15 is 0 Å². The summed E-state index contributed by atoms with van der Waals surface area (Å²) in [5.41, 5.74) is 0.512. The van der Waals surface area contributed by atoms with Crippen molar-refractivity contribution in [1.29, 1.82) is 0 Å². The fourth-order valence-corrected chi connectivity index (χ4v) is 3.64. The number of carbonyl (C=O) groups is 1. The lowest BCUT2D eigenvalue weighted by Crippen LogP contribution is -2.63. The molecule has 1 aromatic heterocycles. The van der Waals surface area contributed by atoms with E-state index in [4.69, 9.17) is 0 Å². The van der Waals surface area contributed by atoms with Crippen molar-refractivity contribution >= 4 is 5.91 Å². The molecule has 0 radical (unpaired) electrons. The van der Waals surface area contributed by atoms with E-state index in [1.54, 1.807) is 17.9 Å². The van der Waals surface area contributed by atoms with Gasteiger partial charge in [-0.15, -0.1) is 0 Å². The van der Waals surface area contributed by atoms with Crippen LogP contribution in [0.2, 0.25) is 0 Å². The highest BCUT2D eigenvalue weighted by molar-refractivity contribution is 5.93. The van der Waals surface area contributed by atoms with Crippen LogP contribution in [0.15, 0.2) is 12.1 Å². The predicted octanol–water partition coefficient (Wildman–Crippen LogP) is 2.89. The van der Waals surface area contributed by atoms with E-state index in [0.29, 0.717) is 30.9 Å². The van der Waals surface area contributed by atoms with Gasteiger partial charge in [-0.3, -0.25) is 14.3 Å². The fraction of sp³-hybridized carbons (Fsp3) is 0.688. The number of aromatic nitrogens is 1. The minimum atomic E-state index is -2.67.